The van der Waals surface area contributed by atoms with Gasteiger partial charge < -0.3 is 0 Å². The Hall–Kier alpha value is -1.43. The van der Waals surface area contributed by atoms with Crippen molar-refractivity contribution in [3.05, 3.63) is 35.1 Å². The van der Waals surface area contributed by atoms with Crippen LogP contribution in [0.5, 0.6) is 0 Å². The molecule has 1 fully saturated rings. The van der Waals surface area contributed by atoms with Gasteiger partial charge in [0.1, 0.15) is 5.82 Å². The first-order chi connectivity index (χ1) is 8.46. The Labute approximate surface area is 105 Å². The van der Waals surface area contributed by atoms with Crippen LogP contribution < -0.4 is 0 Å². The second-order valence-electron chi connectivity index (χ2n) is 5.07. The Balaban J connectivity index is 2.31. The highest BCUT2D eigenvalue weighted by molar-refractivity contribution is 5.42. The van der Waals surface area contributed by atoms with Gasteiger partial charge in [0.25, 0.3) is 6.43 Å². The van der Waals surface area contributed by atoms with E-state index in [1.807, 2.05) is 13.8 Å². The van der Waals surface area contributed by atoms with Crippen molar-refractivity contribution < 1.29 is 13.2 Å². The Morgan fingerprint density at radius 2 is 1.89 bits per heavy atom. The van der Waals surface area contributed by atoms with E-state index >= 15 is 0 Å². The predicted molar refractivity (Wildman–Crippen MR) is 65.0 cm³/mol. The lowest BCUT2D eigenvalue weighted by molar-refractivity contribution is 0.0921. The molecular formula is C15H15F3. The molecule has 0 aliphatic heterocycles. The summed E-state index contributed by atoms with van der Waals surface area (Å²) >= 11 is 0. The summed E-state index contributed by atoms with van der Waals surface area (Å²) in [6.07, 6.45) is -1.63. The summed E-state index contributed by atoms with van der Waals surface area (Å²) in [6, 6.07) is 4.95. The summed E-state index contributed by atoms with van der Waals surface area (Å²) in [5.41, 5.74) is -0.392. The number of benzene rings is 1. The lowest BCUT2D eigenvalue weighted by Gasteiger charge is -2.08. The van der Waals surface area contributed by atoms with Crippen LogP contribution in [0.3, 0.4) is 0 Å². The van der Waals surface area contributed by atoms with E-state index in [4.69, 9.17) is 0 Å². The van der Waals surface area contributed by atoms with E-state index in [2.05, 4.69) is 11.8 Å². The molecule has 2 rings (SSSR count). The lowest BCUT2D eigenvalue weighted by Crippen LogP contribution is -2.09. The fourth-order valence-corrected chi connectivity index (χ4v) is 1.82. The normalized spacial score (nSPS) is 16.6. The van der Waals surface area contributed by atoms with Crippen LogP contribution in [0.15, 0.2) is 18.2 Å². The van der Waals surface area contributed by atoms with E-state index in [0.717, 1.165) is 0 Å². The summed E-state index contributed by atoms with van der Waals surface area (Å²) in [5, 5.41) is 0. The van der Waals surface area contributed by atoms with Gasteiger partial charge in [-0.15, -0.1) is 0 Å². The van der Waals surface area contributed by atoms with Gasteiger partial charge in [0.05, 0.1) is 11.0 Å². The molecule has 1 aromatic rings. The lowest BCUT2D eigenvalue weighted by atomic mass is 9.99. The molecular weight excluding hydrogens is 237 g/mol. The molecule has 0 heterocycles. The third kappa shape index (κ3) is 2.38. The Morgan fingerprint density at radius 3 is 2.39 bits per heavy atom. The first-order valence-corrected chi connectivity index (χ1v) is 6.06. The van der Waals surface area contributed by atoms with Crippen molar-refractivity contribution in [3.63, 3.8) is 0 Å². The predicted octanol–water partition coefficient (Wildman–Crippen LogP) is 4.35. The van der Waals surface area contributed by atoms with Crippen LogP contribution in [0.4, 0.5) is 13.2 Å². The van der Waals surface area contributed by atoms with Gasteiger partial charge in [0, 0.05) is 0 Å². The molecule has 1 aliphatic rings. The third-order valence-electron chi connectivity index (χ3n) is 3.30. The zero-order chi connectivity index (χ0) is 13.3. The minimum atomic E-state index is -2.44. The standard InChI is InChI=1S/C15H15F3/c1-10(2)12-5-3-4-11(13(12)16)6-7-15(8-9-15)14(17)18/h3-5,10,14H,8-9H2,1-2H3. The average molecular weight is 252 g/mol. The van der Waals surface area contributed by atoms with Gasteiger partial charge in [-0.3, -0.25) is 0 Å². The second kappa shape index (κ2) is 4.68. The molecule has 18 heavy (non-hydrogen) atoms. The molecule has 1 aliphatic carbocycles. The van der Waals surface area contributed by atoms with Crippen LogP contribution in [0, 0.1) is 23.1 Å². The maximum absolute atomic E-state index is 14.0. The van der Waals surface area contributed by atoms with E-state index in [-0.39, 0.29) is 17.3 Å². The van der Waals surface area contributed by atoms with Gasteiger partial charge in [0.15, 0.2) is 0 Å². The third-order valence-corrected chi connectivity index (χ3v) is 3.30. The smallest absolute Gasteiger partial charge is 0.209 e. The molecule has 0 aromatic heterocycles. The van der Waals surface area contributed by atoms with Gasteiger partial charge in [-0.1, -0.05) is 37.8 Å². The summed E-state index contributed by atoms with van der Waals surface area (Å²) in [5.74, 6) is 4.81. The quantitative estimate of drug-likeness (QED) is 0.686. The van der Waals surface area contributed by atoms with Crippen molar-refractivity contribution in [2.24, 2.45) is 5.41 Å². The second-order valence-corrected chi connectivity index (χ2v) is 5.07. The van der Waals surface area contributed by atoms with Gasteiger partial charge in [-0.2, -0.15) is 0 Å². The molecule has 0 N–H and O–H groups in total. The zero-order valence-electron chi connectivity index (χ0n) is 10.4. The zero-order valence-corrected chi connectivity index (χ0v) is 10.4. The Morgan fingerprint density at radius 1 is 1.22 bits per heavy atom. The number of hydrogen-bond acceptors (Lipinski definition) is 0. The summed E-state index contributed by atoms with van der Waals surface area (Å²) in [4.78, 5) is 0. The monoisotopic (exact) mass is 252 g/mol. The highest BCUT2D eigenvalue weighted by Gasteiger charge is 2.49. The van der Waals surface area contributed by atoms with Crippen LogP contribution in [-0.4, -0.2) is 6.43 Å². The van der Waals surface area contributed by atoms with Crippen molar-refractivity contribution in [2.45, 2.75) is 39.0 Å². The molecule has 0 amide bonds. The van der Waals surface area contributed by atoms with Gasteiger partial charge in [-0.05, 0) is 30.4 Å². The molecule has 0 saturated heterocycles. The molecule has 0 spiro atoms. The van der Waals surface area contributed by atoms with E-state index < -0.39 is 11.8 Å². The number of alkyl halides is 2. The number of hydrogen-bond donors (Lipinski definition) is 0. The van der Waals surface area contributed by atoms with Gasteiger partial charge >= 0.3 is 0 Å². The van der Waals surface area contributed by atoms with Gasteiger partial charge in [0.2, 0.25) is 0 Å². The van der Waals surface area contributed by atoms with Crippen LogP contribution >= 0.6 is 0 Å². The largest absolute Gasteiger partial charge is 0.254 e. The van der Waals surface area contributed by atoms with Crippen molar-refractivity contribution >= 4 is 0 Å². The maximum Gasteiger partial charge on any atom is 0.254 e. The Bertz CT molecular complexity index is 502. The SMILES string of the molecule is CC(C)c1cccc(C#CC2(C(F)F)CC2)c1F. The fraction of sp³-hybridized carbons (Fsp3) is 0.467. The highest BCUT2D eigenvalue weighted by Crippen LogP contribution is 2.50. The van der Waals surface area contributed by atoms with Crippen molar-refractivity contribution in [1.29, 1.82) is 0 Å². The summed E-state index contributed by atoms with van der Waals surface area (Å²) in [6.45, 7) is 3.77. The topological polar surface area (TPSA) is 0 Å². The van der Waals surface area contributed by atoms with E-state index in [9.17, 15) is 13.2 Å². The van der Waals surface area contributed by atoms with Gasteiger partial charge in [-0.25, -0.2) is 13.2 Å². The molecule has 0 atom stereocenters. The Kier molecular flexibility index (Phi) is 3.38. The van der Waals surface area contributed by atoms with Crippen LogP contribution in [0.1, 0.15) is 43.7 Å². The highest BCUT2D eigenvalue weighted by atomic mass is 19.3. The van der Waals surface area contributed by atoms with Crippen molar-refractivity contribution in [1.82, 2.24) is 0 Å². The van der Waals surface area contributed by atoms with E-state index in [1.165, 1.54) is 6.07 Å². The minimum Gasteiger partial charge on any atom is -0.209 e. The number of rotatable bonds is 2. The van der Waals surface area contributed by atoms with Crippen LogP contribution in [0.25, 0.3) is 0 Å². The molecule has 0 radical (unpaired) electrons. The molecule has 1 saturated carbocycles. The van der Waals surface area contributed by atoms with E-state index in [1.54, 1.807) is 12.1 Å². The van der Waals surface area contributed by atoms with Crippen molar-refractivity contribution in [3.8, 4) is 11.8 Å². The minimum absolute atomic E-state index is 0.0525. The fourth-order valence-electron chi connectivity index (χ4n) is 1.82. The number of halogens is 3. The molecule has 0 nitrogen and oxygen atoms in total. The molecule has 96 valence electrons. The molecule has 1 aromatic carbocycles. The van der Waals surface area contributed by atoms with E-state index in [0.29, 0.717) is 18.4 Å². The molecule has 0 bridgehead atoms. The first-order valence-electron chi connectivity index (χ1n) is 6.06. The van der Waals surface area contributed by atoms with Crippen LogP contribution in [0.2, 0.25) is 0 Å². The molecule has 3 heteroatoms. The summed E-state index contributed by atoms with van der Waals surface area (Å²) in [7, 11) is 0. The average Bonchev–Trinajstić information content (AvgIpc) is 3.08. The van der Waals surface area contributed by atoms with Crippen LogP contribution in [-0.2, 0) is 0 Å². The molecule has 0 unspecified atom stereocenters. The summed E-state index contributed by atoms with van der Waals surface area (Å²) < 4.78 is 39.4. The maximum atomic E-state index is 14.0. The van der Waals surface area contributed by atoms with Crippen molar-refractivity contribution in [2.75, 3.05) is 0 Å². The first kappa shape index (κ1) is 13.0.